The van der Waals surface area contributed by atoms with Gasteiger partial charge >= 0.3 is 0 Å². The monoisotopic (exact) mass is 309 g/mol. The normalized spacial score (nSPS) is 14.9. The fraction of sp³-hybridized carbons (Fsp3) is 0.455. The highest BCUT2D eigenvalue weighted by Gasteiger charge is 2.31. The maximum absolute atomic E-state index is 12.3. The standard InChI is InChI=1S/C11H14BrF2NO2/c1-11(17,10(13)14)6-15-5-7-2-3-9(16)8(12)4-7/h2-4,10,15-17H,5-6H2,1H3. The minimum Gasteiger partial charge on any atom is -0.507 e. The highest BCUT2D eigenvalue weighted by molar-refractivity contribution is 9.10. The second kappa shape index (κ2) is 5.75. The van der Waals surface area contributed by atoms with Crippen molar-refractivity contribution in [2.75, 3.05) is 6.54 Å². The number of alkyl halides is 2. The van der Waals surface area contributed by atoms with Gasteiger partial charge in [-0.1, -0.05) is 6.07 Å². The maximum Gasteiger partial charge on any atom is 0.267 e. The van der Waals surface area contributed by atoms with E-state index in [2.05, 4.69) is 21.2 Å². The molecule has 1 unspecified atom stereocenters. The SMILES string of the molecule is CC(O)(CNCc1ccc(O)c(Br)c1)C(F)F. The lowest BCUT2D eigenvalue weighted by Gasteiger charge is -2.22. The molecular weight excluding hydrogens is 296 g/mol. The molecule has 0 fully saturated rings. The van der Waals surface area contributed by atoms with E-state index in [-0.39, 0.29) is 12.3 Å². The molecular formula is C11H14BrF2NO2. The third-order valence-corrected chi connectivity index (χ3v) is 2.93. The van der Waals surface area contributed by atoms with Crippen LogP contribution in [0, 0.1) is 0 Å². The van der Waals surface area contributed by atoms with Crippen LogP contribution < -0.4 is 5.32 Å². The van der Waals surface area contributed by atoms with Gasteiger partial charge in [-0.2, -0.15) is 0 Å². The van der Waals surface area contributed by atoms with Gasteiger partial charge in [-0.25, -0.2) is 8.78 Å². The predicted molar refractivity (Wildman–Crippen MR) is 64.1 cm³/mol. The number of hydrogen-bond donors (Lipinski definition) is 3. The molecule has 0 amide bonds. The lowest BCUT2D eigenvalue weighted by molar-refractivity contribution is -0.0809. The van der Waals surface area contributed by atoms with E-state index in [0.29, 0.717) is 11.0 Å². The fourth-order valence-electron chi connectivity index (χ4n) is 1.20. The molecule has 17 heavy (non-hydrogen) atoms. The zero-order valence-electron chi connectivity index (χ0n) is 9.25. The molecule has 0 aliphatic carbocycles. The Balaban J connectivity index is 2.49. The van der Waals surface area contributed by atoms with Gasteiger partial charge in [0.05, 0.1) is 4.47 Å². The summed E-state index contributed by atoms with van der Waals surface area (Å²) in [5, 5.41) is 21.3. The topological polar surface area (TPSA) is 52.5 Å². The van der Waals surface area contributed by atoms with Crippen molar-refractivity contribution in [3.8, 4) is 5.75 Å². The fourth-order valence-corrected chi connectivity index (χ4v) is 1.62. The molecule has 3 N–H and O–H groups in total. The van der Waals surface area contributed by atoms with Crippen LogP contribution >= 0.6 is 15.9 Å². The largest absolute Gasteiger partial charge is 0.507 e. The zero-order chi connectivity index (χ0) is 13.1. The molecule has 1 rings (SSSR count). The number of phenols is 1. The van der Waals surface area contributed by atoms with Gasteiger partial charge in [-0.15, -0.1) is 0 Å². The van der Waals surface area contributed by atoms with E-state index in [0.717, 1.165) is 12.5 Å². The average Bonchev–Trinajstić information content (AvgIpc) is 2.23. The average molecular weight is 310 g/mol. The number of phenolic OH excluding ortho intramolecular Hbond substituents is 1. The summed E-state index contributed by atoms with van der Waals surface area (Å²) in [5.41, 5.74) is -1.21. The van der Waals surface area contributed by atoms with Gasteiger partial charge in [0, 0.05) is 13.1 Å². The molecule has 0 radical (unpaired) electrons. The summed E-state index contributed by atoms with van der Waals surface area (Å²) < 4.78 is 25.2. The minimum atomic E-state index is -2.79. The Bertz CT molecular complexity index is 386. The number of rotatable bonds is 5. The number of halogens is 3. The van der Waals surface area contributed by atoms with E-state index in [4.69, 9.17) is 0 Å². The summed E-state index contributed by atoms with van der Waals surface area (Å²) in [5.74, 6) is 0.119. The van der Waals surface area contributed by atoms with Crippen molar-refractivity contribution in [3.63, 3.8) is 0 Å². The van der Waals surface area contributed by atoms with Crippen LogP contribution in [0.3, 0.4) is 0 Å². The lowest BCUT2D eigenvalue weighted by atomic mass is 10.1. The van der Waals surface area contributed by atoms with Gasteiger partial charge in [0.25, 0.3) is 6.43 Å². The molecule has 1 aromatic carbocycles. The Hall–Kier alpha value is -0.720. The highest BCUT2D eigenvalue weighted by Crippen LogP contribution is 2.24. The first-order chi connectivity index (χ1) is 7.83. The molecule has 0 spiro atoms. The van der Waals surface area contributed by atoms with Gasteiger partial charge in [0.15, 0.2) is 0 Å². The Labute approximate surface area is 107 Å². The number of aliphatic hydroxyl groups is 1. The van der Waals surface area contributed by atoms with Crippen LogP contribution in [0.1, 0.15) is 12.5 Å². The summed E-state index contributed by atoms with van der Waals surface area (Å²) >= 11 is 3.15. The maximum atomic E-state index is 12.3. The van der Waals surface area contributed by atoms with Crippen molar-refractivity contribution < 1.29 is 19.0 Å². The third-order valence-electron chi connectivity index (χ3n) is 2.29. The van der Waals surface area contributed by atoms with Gasteiger partial charge in [-0.3, -0.25) is 0 Å². The molecule has 0 heterocycles. The smallest absolute Gasteiger partial charge is 0.267 e. The summed E-state index contributed by atoms with van der Waals surface area (Å²) in [6.45, 7) is 1.21. The van der Waals surface area contributed by atoms with Crippen molar-refractivity contribution >= 4 is 15.9 Å². The lowest BCUT2D eigenvalue weighted by Crippen LogP contribution is -2.43. The Kier molecular flexibility index (Phi) is 4.85. The van der Waals surface area contributed by atoms with Crippen molar-refractivity contribution in [2.24, 2.45) is 0 Å². The summed E-state index contributed by atoms with van der Waals surface area (Å²) in [6.07, 6.45) is -2.79. The van der Waals surface area contributed by atoms with Crippen molar-refractivity contribution in [2.45, 2.75) is 25.5 Å². The van der Waals surface area contributed by atoms with Crippen LogP contribution in [0.2, 0.25) is 0 Å². The van der Waals surface area contributed by atoms with Crippen molar-refractivity contribution in [1.82, 2.24) is 5.32 Å². The Morgan fingerprint density at radius 2 is 2.12 bits per heavy atom. The summed E-state index contributed by atoms with van der Waals surface area (Å²) in [4.78, 5) is 0. The second-order valence-corrected chi connectivity index (χ2v) is 4.90. The number of benzene rings is 1. The van der Waals surface area contributed by atoms with E-state index in [1.54, 1.807) is 12.1 Å². The number of aromatic hydroxyl groups is 1. The van der Waals surface area contributed by atoms with Gasteiger partial charge in [0.1, 0.15) is 11.4 Å². The van der Waals surface area contributed by atoms with E-state index in [1.165, 1.54) is 6.07 Å². The molecule has 96 valence electrons. The first kappa shape index (κ1) is 14.3. The first-order valence-electron chi connectivity index (χ1n) is 5.01. The summed E-state index contributed by atoms with van der Waals surface area (Å²) in [7, 11) is 0. The highest BCUT2D eigenvalue weighted by atomic mass is 79.9. The quantitative estimate of drug-likeness (QED) is 0.782. The van der Waals surface area contributed by atoms with Gasteiger partial charge in [0.2, 0.25) is 0 Å². The Morgan fingerprint density at radius 3 is 2.65 bits per heavy atom. The van der Waals surface area contributed by atoms with Crippen LogP contribution in [0.25, 0.3) is 0 Å². The van der Waals surface area contributed by atoms with E-state index < -0.39 is 12.0 Å². The molecule has 3 nitrogen and oxygen atoms in total. The molecule has 0 bridgehead atoms. The number of nitrogens with one attached hydrogen (secondary N) is 1. The molecule has 1 aromatic rings. The van der Waals surface area contributed by atoms with Gasteiger partial charge < -0.3 is 15.5 Å². The molecule has 1 atom stereocenters. The second-order valence-electron chi connectivity index (χ2n) is 4.05. The first-order valence-corrected chi connectivity index (χ1v) is 5.81. The van der Waals surface area contributed by atoms with Crippen LogP contribution in [-0.4, -0.2) is 28.8 Å². The summed E-state index contributed by atoms with van der Waals surface area (Å²) in [6, 6.07) is 4.86. The predicted octanol–water partition coefficient (Wildman–Crippen LogP) is 2.26. The van der Waals surface area contributed by atoms with Crippen LogP contribution in [-0.2, 0) is 6.54 Å². The zero-order valence-corrected chi connectivity index (χ0v) is 10.8. The molecule has 0 saturated heterocycles. The van der Waals surface area contributed by atoms with Crippen molar-refractivity contribution in [3.05, 3.63) is 28.2 Å². The minimum absolute atomic E-state index is 0.119. The van der Waals surface area contributed by atoms with Crippen LogP contribution in [0.5, 0.6) is 5.75 Å². The van der Waals surface area contributed by atoms with Crippen molar-refractivity contribution in [1.29, 1.82) is 0 Å². The third kappa shape index (κ3) is 4.22. The molecule has 0 saturated carbocycles. The Morgan fingerprint density at radius 1 is 1.47 bits per heavy atom. The van der Waals surface area contributed by atoms with Crippen LogP contribution in [0.15, 0.2) is 22.7 Å². The van der Waals surface area contributed by atoms with Crippen LogP contribution in [0.4, 0.5) is 8.78 Å². The number of hydrogen-bond acceptors (Lipinski definition) is 3. The molecule has 6 heteroatoms. The molecule has 0 aromatic heterocycles. The molecule has 0 aliphatic heterocycles. The van der Waals surface area contributed by atoms with E-state index >= 15 is 0 Å². The van der Waals surface area contributed by atoms with E-state index in [9.17, 15) is 19.0 Å². The van der Waals surface area contributed by atoms with Gasteiger partial charge in [-0.05, 0) is 40.5 Å². The molecule has 0 aliphatic rings. The van der Waals surface area contributed by atoms with E-state index in [1.807, 2.05) is 0 Å².